The summed E-state index contributed by atoms with van der Waals surface area (Å²) in [5.74, 6) is -4.39. The Kier molecular flexibility index (Phi) is 36.3. The van der Waals surface area contributed by atoms with E-state index in [0.29, 0.717) is 29.9 Å². The minimum Gasteiger partial charge on any atom is -0.378 e. The van der Waals surface area contributed by atoms with Crippen LogP contribution in [0.5, 0.6) is 0 Å². The zero-order chi connectivity index (χ0) is 61.5. The largest absolute Gasteiger partial charge is 0.378 e. The van der Waals surface area contributed by atoms with E-state index in [9.17, 15) is 30.7 Å². The van der Waals surface area contributed by atoms with Crippen molar-refractivity contribution in [1.29, 1.82) is 5.26 Å². The second kappa shape index (κ2) is 41.1. The number of fused-ring (bicyclic) bond motifs is 1. The van der Waals surface area contributed by atoms with E-state index in [4.69, 9.17) is 5.26 Å². The summed E-state index contributed by atoms with van der Waals surface area (Å²) in [6, 6.07) is 66.6. The summed E-state index contributed by atoms with van der Waals surface area (Å²) in [4.78, 5) is 23.8. The van der Waals surface area contributed by atoms with E-state index >= 15 is 0 Å². The number of anilines is 1. The SMILES string of the molecule is CCc1cc(N(C)C)cc(-c2[c-]cc(F)cc2F)n1.CCc1cccc(-c2[c-]cc(F)c(C#N)c2F)n1.CCc1cccc(-c2[c-]cc(F)cc2F)n1.CCc1cccc(-c2[c-]ccc3ccccc23)n1.FCCc1cccc(-c2[c-]cccc2)n1.[Ir].[Ir].[Ir].[Ir].[Ir]. The number of halogens is 7. The monoisotopic (exact) mass is 2120 g/mol. The number of rotatable bonds is 12. The van der Waals surface area contributed by atoms with Crippen LogP contribution in [-0.4, -0.2) is 45.7 Å². The van der Waals surface area contributed by atoms with Gasteiger partial charge in [-0.05, 0) is 84.5 Å². The summed E-state index contributed by atoms with van der Waals surface area (Å²) >= 11 is 0. The summed E-state index contributed by atoms with van der Waals surface area (Å²) in [6.45, 7) is 7.64. The molecule has 0 fully saturated rings. The molecule has 0 unspecified atom stereocenters. The summed E-state index contributed by atoms with van der Waals surface area (Å²) in [5, 5.41) is 11.1. The molecule has 11 aromatic rings. The smallest absolute Gasteiger partial charge is 0.0949 e. The number of nitrogens with zero attached hydrogens (tertiary/aromatic N) is 7. The van der Waals surface area contributed by atoms with Crippen LogP contribution in [0.4, 0.5) is 36.4 Å². The van der Waals surface area contributed by atoms with Crippen LogP contribution in [0.3, 0.4) is 0 Å². The Bertz CT molecular complexity index is 4080. The average molecular weight is 2120 g/mol. The molecule has 0 amide bonds. The van der Waals surface area contributed by atoms with E-state index in [1.807, 2.05) is 106 Å². The van der Waals surface area contributed by atoms with Gasteiger partial charge in [0.1, 0.15) is 0 Å². The van der Waals surface area contributed by atoms with E-state index < -0.39 is 40.5 Å². The van der Waals surface area contributed by atoms with Gasteiger partial charge in [-0.25, -0.2) is 0 Å². The third kappa shape index (κ3) is 23.2. The van der Waals surface area contributed by atoms with Crippen LogP contribution in [0, 0.1) is 76.6 Å². The molecule has 5 aromatic heterocycles. The molecule has 5 heterocycles. The number of hydrogen-bond donors (Lipinski definition) is 0. The zero-order valence-electron chi connectivity index (χ0n) is 49.9. The molecule has 0 bridgehead atoms. The van der Waals surface area contributed by atoms with Crippen molar-refractivity contribution in [2.24, 2.45) is 0 Å². The molecule has 91 heavy (non-hydrogen) atoms. The fourth-order valence-corrected chi connectivity index (χ4v) is 8.45. The number of hydrogen-bond acceptors (Lipinski definition) is 7. The van der Waals surface area contributed by atoms with Crippen LogP contribution >= 0.6 is 0 Å². The van der Waals surface area contributed by atoms with Gasteiger partial charge >= 0.3 is 0 Å². The van der Waals surface area contributed by atoms with Crippen molar-refractivity contribution < 1.29 is 131 Å². The third-order valence-corrected chi connectivity index (χ3v) is 13.0. The molecular weight excluding hydrogens is 2060 g/mol. The minimum atomic E-state index is -0.918. The maximum absolute atomic E-state index is 13.9. The Morgan fingerprint density at radius 3 is 1.41 bits per heavy atom. The molecule has 6 aromatic carbocycles. The van der Waals surface area contributed by atoms with Gasteiger partial charge in [-0.15, -0.1) is 101 Å². The second-order valence-electron chi connectivity index (χ2n) is 19.1. The maximum atomic E-state index is 13.9. The van der Waals surface area contributed by atoms with E-state index in [1.54, 1.807) is 30.3 Å². The topological polar surface area (TPSA) is 91.5 Å². The first-order chi connectivity index (χ1) is 41.7. The number of aromatic nitrogens is 5. The van der Waals surface area contributed by atoms with Crippen molar-refractivity contribution in [1.82, 2.24) is 24.9 Å². The van der Waals surface area contributed by atoms with Gasteiger partial charge in [0.15, 0.2) is 0 Å². The van der Waals surface area contributed by atoms with Gasteiger partial charge in [0.25, 0.3) is 0 Å². The molecule has 481 valence electrons. The summed E-state index contributed by atoms with van der Waals surface area (Å²) in [6.07, 6.45) is 3.56. The van der Waals surface area contributed by atoms with E-state index in [2.05, 4.69) is 111 Å². The van der Waals surface area contributed by atoms with Gasteiger partial charge in [0, 0.05) is 184 Å². The Labute approximate surface area is 595 Å². The number of nitriles is 1. The molecule has 7 nitrogen and oxygen atoms in total. The molecular formula is C72H59F7Ir5N7-5. The third-order valence-electron chi connectivity index (χ3n) is 13.0. The van der Waals surface area contributed by atoms with Gasteiger partial charge in [-0.3, -0.25) is 30.7 Å². The van der Waals surface area contributed by atoms with Gasteiger partial charge in [0.05, 0.1) is 24.4 Å². The van der Waals surface area contributed by atoms with Crippen molar-refractivity contribution in [2.45, 2.75) is 59.8 Å². The maximum Gasteiger partial charge on any atom is 0.0949 e. The Morgan fingerprint density at radius 1 is 0.429 bits per heavy atom. The van der Waals surface area contributed by atoms with Crippen LogP contribution in [0.25, 0.3) is 67.1 Å². The van der Waals surface area contributed by atoms with E-state index in [1.165, 1.54) is 16.8 Å². The predicted molar refractivity (Wildman–Crippen MR) is 326 cm³/mol. The quantitative estimate of drug-likeness (QED) is 0.0889. The molecule has 0 spiro atoms. The van der Waals surface area contributed by atoms with Crippen molar-refractivity contribution in [2.75, 3.05) is 25.7 Å². The van der Waals surface area contributed by atoms with Gasteiger partial charge in [-0.1, -0.05) is 141 Å². The Morgan fingerprint density at radius 2 is 0.901 bits per heavy atom. The molecule has 0 aliphatic rings. The second-order valence-corrected chi connectivity index (χ2v) is 19.1. The van der Waals surface area contributed by atoms with Crippen LogP contribution in [0.1, 0.15) is 61.7 Å². The standard InChI is InChI=1S/C17H14N.C15H15F2N2.C14H9F2N2.C13H10F2N.C13H11FN.5Ir/c1-2-14-9-6-12-17(18-14)16-11-5-8-13-7-3-4-10-15(13)16;1-4-11-8-12(19(2)3)9-15(18-11)13-6-5-10(16)7-14(13)17;1-2-9-4-3-5-13(18-9)10-6-7-12(15)11(8-17)14(10)16;1-2-10-4-3-5-13(16-10)11-7-6-9(14)8-12(11)15;14-10-9-12-7-4-8-13(15-12)11-5-2-1-3-6-11;;;;;/h3-10,12H,2H2,1H3;5,7-9H,4H2,1-3H3;3-5,7H,2H2,1H3;3-6,8H,2H2,1H3;1-5,7-8H,9-10H2;;;;;/q5*-1;;;;;. The van der Waals surface area contributed by atoms with Crippen molar-refractivity contribution in [3.63, 3.8) is 0 Å². The molecule has 11 rings (SSSR count). The van der Waals surface area contributed by atoms with Crippen molar-refractivity contribution >= 4 is 16.5 Å². The molecule has 0 saturated heterocycles. The van der Waals surface area contributed by atoms with Crippen molar-refractivity contribution in [3.8, 4) is 62.4 Å². The van der Waals surface area contributed by atoms with Crippen molar-refractivity contribution in [3.05, 3.63) is 275 Å². The van der Waals surface area contributed by atoms with Crippen LogP contribution in [-0.2, 0) is 133 Å². The normalized spacial score (nSPS) is 9.85. The molecule has 0 N–H and O–H groups in total. The fourth-order valence-electron chi connectivity index (χ4n) is 8.45. The Balaban J connectivity index is 0.000000383. The molecule has 19 heteroatoms. The van der Waals surface area contributed by atoms with Crippen LogP contribution in [0.2, 0.25) is 0 Å². The van der Waals surface area contributed by atoms with Gasteiger partial charge in [-0.2, -0.15) is 5.26 Å². The first-order valence-electron chi connectivity index (χ1n) is 27.7. The van der Waals surface area contributed by atoms with Gasteiger partial charge in [0.2, 0.25) is 0 Å². The minimum absolute atomic E-state index is 0. The molecule has 5 radical (unpaired) electrons. The van der Waals surface area contributed by atoms with Crippen LogP contribution < -0.4 is 4.90 Å². The summed E-state index contributed by atoms with van der Waals surface area (Å²) in [5.41, 5.74) is 10.4. The number of aryl methyl sites for hydroxylation is 5. The number of benzene rings is 6. The van der Waals surface area contributed by atoms with E-state index in [-0.39, 0.29) is 124 Å². The first-order valence-corrected chi connectivity index (χ1v) is 27.7. The molecule has 0 aliphatic heterocycles. The molecule has 0 saturated carbocycles. The Hall–Kier alpha value is -6.62. The predicted octanol–water partition coefficient (Wildman–Crippen LogP) is 17.4. The summed E-state index contributed by atoms with van der Waals surface area (Å²) in [7, 11) is 3.81. The van der Waals surface area contributed by atoms with E-state index in [0.717, 1.165) is 106 Å². The summed E-state index contributed by atoms with van der Waals surface area (Å²) < 4.78 is 92.1. The zero-order valence-corrected chi connectivity index (χ0v) is 61.9. The fraction of sp³-hybridized carbons (Fsp3) is 0.167. The molecule has 0 aliphatic carbocycles. The van der Waals surface area contributed by atoms with Crippen LogP contribution in [0.15, 0.2) is 176 Å². The first kappa shape index (κ1) is 80.5. The number of pyridine rings is 5. The average Bonchev–Trinajstić information content (AvgIpc) is 2.31. The molecule has 0 atom stereocenters. The van der Waals surface area contributed by atoms with Gasteiger partial charge < -0.3 is 29.8 Å². The number of alkyl halides is 1.